The molecular weight excluding hydrogens is 280 g/mol. The molecule has 7 heteroatoms. The van der Waals surface area contributed by atoms with E-state index in [4.69, 9.17) is 21.1 Å². The molecule has 3 heterocycles. The quantitative estimate of drug-likeness (QED) is 0.807. The van der Waals surface area contributed by atoms with E-state index in [0.717, 1.165) is 37.1 Å². The van der Waals surface area contributed by atoms with Crippen LogP contribution >= 0.6 is 11.6 Å². The van der Waals surface area contributed by atoms with E-state index in [1.807, 2.05) is 7.05 Å². The zero-order valence-electron chi connectivity index (χ0n) is 11.4. The van der Waals surface area contributed by atoms with Crippen LogP contribution in [0.3, 0.4) is 0 Å². The summed E-state index contributed by atoms with van der Waals surface area (Å²) in [4.78, 5) is 8.68. The summed E-state index contributed by atoms with van der Waals surface area (Å²) in [5.41, 5.74) is 0.731. The van der Waals surface area contributed by atoms with Gasteiger partial charge in [0.15, 0.2) is 11.5 Å². The van der Waals surface area contributed by atoms with Crippen molar-refractivity contribution in [3.05, 3.63) is 17.2 Å². The first-order valence-corrected chi connectivity index (χ1v) is 7.11. The fourth-order valence-corrected chi connectivity index (χ4v) is 2.56. The predicted molar refractivity (Wildman–Crippen MR) is 74.5 cm³/mol. The van der Waals surface area contributed by atoms with Crippen molar-refractivity contribution >= 4 is 22.6 Å². The predicted octanol–water partition coefficient (Wildman–Crippen LogP) is 1.96. The zero-order chi connectivity index (χ0) is 13.9. The molecule has 2 aromatic rings. The highest BCUT2D eigenvalue weighted by molar-refractivity contribution is 6.33. The summed E-state index contributed by atoms with van der Waals surface area (Å²) in [6, 6.07) is 0. The van der Waals surface area contributed by atoms with E-state index in [1.54, 1.807) is 10.9 Å². The molecule has 3 rings (SSSR count). The maximum Gasteiger partial charge on any atom is 0.162 e. The largest absolute Gasteiger partial charge is 0.381 e. The van der Waals surface area contributed by atoms with E-state index < -0.39 is 0 Å². The molecule has 0 unspecified atom stereocenters. The number of ether oxygens (including phenoxy) is 2. The van der Waals surface area contributed by atoms with Gasteiger partial charge in [-0.1, -0.05) is 11.6 Å². The van der Waals surface area contributed by atoms with Crippen LogP contribution in [0, 0.1) is 5.92 Å². The summed E-state index contributed by atoms with van der Waals surface area (Å²) in [6.45, 7) is 2.75. The van der Waals surface area contributed by atoms with Gasteiger partial charge in [-0.05, 0) is 18.8 Å². The smallest absolute Gasteiger partial charge is 0.162 e. The lowest BCUT2D eigenvalue weighted by atomic mass is 10.0. The number of hydrogen-bond acceptors (Lipinski definition) is 5. The maximum absolute atomic E-state index is 6.13. The van der Waals surface area contributed by atoms with Crippen molar-refractivity contribution in [1.29, 1.82) is 0 Å². The van der Waals surface area contributed by atoms with Crippen molar-refractivity contribution < 1.29 is 9.47 Å². The van der Waals surface area contributed by atoms with Crippen molar-refractivity contribution in [3.8, 4) is 0 Å². The van der Waals surface area contributed by atoms with Gasteiger partial charge in [-0.15, -0.1) is 0 Å². The van der Waals surface area contributed by atoms with Gasteiger partial charge < -0.3 is 9.47 Å². The van der Waals surface area contributed by atoms with E-state index >= 15 is 0 Å². The third kappa shape index (κ3) is 2.92. The summed E-state index contributed by atoms with van der Waals surface area (Å²) in [6.07, 6.45) is 3.79. The number of hydrogen-bond donors (Lipinski definition) is 0. The molecule has 0 spiro atoms. The molecular formula is C13H17ClN4O2. The molecule has 108 valence electrons. The van der Waals surface area contributed by atoms with Gasteiger partial charge >= 0.3 is 0 Å². The Kier molecular flexibility index (Phi) is 4.14. The Morgan fingerprint density at radius 3 is 3.00 bits per heavy atom. The second kappa shape index (κ2) is 6.03. The van der Waals surface area contributed by atoms with E-state index in [0.29, 0.717) is 30.1 Å². The van der Waals surface area contributed by atoms with Crippen LogP contribution in [0.4, 0.5) is 0 Å². The minimum atomic E-state index is 0.373. The Morgan fingerprint density at radius 2 is 2.20 bits per heavy atom. The molecule has 0 amide bonds. The normalized spacial score (nSPS) is 16.9. The van der Waals surface area contributed by atoms with Gasteiger partial charge in [0.05, 0.1) is 18.2 Å². The molecule has 1 saturated heterocycles. The van der Waals surface area contributed by atoms with Crippen LogP contribution < -0.4 is 0 Å². The first kappa shape index (κ1) is 13.7. The van der Waals surface area contributed by atoms with Crippen molar-refractivity contribution in [3.63, 3.8) is 0 Å². The molecule has 2 aromatic heterocycles. The molecule has 0 saturated carbocycles. The average molecular weight is 297 g/mol. The van der Waals surface area contributed by atoms with Crippen LogP contribution in [-0.4, -0.2) is 39.6 Å². The van der Waals surface area contributed by atoms with Gasteiger partial charge in [-0.3, -0.25) is 4.68 Å². The fraction of sp³-hybridized carbons (Fsp3) is 0.615. The standard InChI is InChI=1S/C13H17ClN4O2/c1-18-13-10(6-15-18)12(14)16-11(17-13)8-20-7-9-2-4-19-5-3-9/h6,9H,2-5,7-8H2,1H3. The van der Waals surface area contributed by atoms with E-state index in [-0.39, 0.29) is 0 Å². The van der Waals surface area contributed by atoms with E-state index in [2.05, 4.69) is 15.1 Å². The zero-order valence-corrected chi connectivity index (χ0v) is 12.1. The lowest BCUT2D eigenvalue weighted by Crippen LogP contribution is -2.20. The van der Waals surface area contributed by atoms with Gasteiger partial charge in [0.1, 0.15) is 11.8 Å². The molecule has 0 aliphatic carbocycles. The van der Waals surface area contributed by atoms with Crippen LogP contribution in [0.5, 0.6) is 0 Å². The Bertz CT molecular complexity index is 595. The second-order valence-corrected chi connectivity index (χ2v) is 5.36. The molecule has 1 aliphatic rings. The average Bonchev–Trinajstić information content (AvgIpc) is 2.82. The molecule has 0 N–H and O–H groups in total. The summed E-state index contributed by atoms with van der Waals surface area (Å²) in [7, 11) is 1.83. The topological polar surface area (TPSA) is 62.1 Å². The second-order valence-electron chi connectivity index (χ2n) is 5.01. The number of halogens is 1. The monoisotopic (exact) mass is 296 g/mol. The third-order valence-electron chi connectivity index (χ3n) is 3.52. The highest BCUT2D eigenvalue weighted by Crippen LogP contribution is 2.20. The summed E-state index contributed by atoms with van der Waals surface area (Å²) < 4.78 is 12.7. The Labute approximate surface area is 122 Å². The number of nitrogens with zero attached hydrogens (tertiary/aromatic N) is 4. The van der Waals surface area contributed by atoms with Crippen molar-refractivity contribution in [2.24, 2.45) is 13.0 Å². The Balaban J connectivity index is 1.63. The summed E-state index contributed by atoms with van der Waals surface area (Å²) in [5.74, 6) is 1.16. The first-order valence-electron chi connectivity index (χ1n) is 6.73. The number of rotatable bonds is 4. The van der Waals surface area contributed by atoms with E-state index in [9.17, 15) is 0 Å². The maximum atomic E-state index is 6.13. The van der Waals surface area contributed by atoms with Crippen molar-refractivity contribution in [2.75, 3.05) is 19.8 Å². The van der Waals surface area contributed by atoms with Crippen LogP contribution in [0.15, 0.2) is 6.20 Å². The van der Waals surface area contributed by atoms with Gasteiger partial charge in [0, 0.05) is 20.3 Å². The van der Waals surface area contributed by atoms with Crippen molar-refractivity contribution in [2.45, 2.75) is 19.4 Å². The molecule has 6 nitrogen and oxygen atoms in total. The first-order chi connectivity index (χ1) is 9.74. The number of fused-ring (bicyclic) bond motifs is 1. The Morgan fingerprint density at radius 1 is 1.40 bits per heavy atom. The fourth-order valence-electron chi connectivity index (χ4n) is 2.32. The molecule has 0 bridgehead atoms. The number of aromatic nitrogens is 4. The van der Waals surface area contributed by atoms with Crippen LogP contribution in [0.2, 0.25) is 5.15 Å². The molecule has 1 fully saturated rings. The lowest BCUT2D eigenvalue weighted by Gasteiger charge is -2.21. The Hall–Kier alpha value is -1.24. The van der Waals surface area contributed by atoms with Gasteiger partial charge in [-0.25, -0.2) is 9.97 Å². The highest BCUT2D eigenvalue weighted by Gasteiger charge is 2.15. The minimum Gasteiger partial charge on any atom is -0.381 e. The molecule has 0 aromatic carbocycles. The molecule has 20 heavy (non-hydrogen) atoms. The van der Waals surface area contributed by atoms with Gasteiger partial charge in [0.2, 0.25) is 0 Å². The summed E-state index contributed by atoms with van der Waals surface area (Å²) >= 11 is 6.13. The minimum absolute atomic E-state index is 0.373. The van der Waals surface area contributed by atoms with Crippen molar-refractivity contribution in [1.82, 2.24) is 19.7 Å². The van der Waals surface area contributed by atoms with Gasteiger partial charge in [0.25, 0.3) is 0 Å². The third-order valence-corrected chi connectivity index (χ3v) is 3.81. The molecule has 0 radical (unpaired) electrons. The molecule has 0 atom stereocenters. The highest BCUT2D eigenvalue weighted by atomic mass is 35.5. The van der Waals surface area contributed by atoms with Crippen LogP contribution in [0.1, 0.15) is 18.7 Å². The van der Waals surface area contributed by atoms with Gasteiger partial charge in [-0.2, -0.15) is 5.10 Å². The SMILES string of the molecule is Cn1ncc2c(Cl)nc(COCC3CCOCC3)nc21. The molecule has 1 aliphatic heterocycles. The number of aryl methyl sites for hydroxylation is 1. The lowest BCUT2D eigenvalue weighted by molar-refractivity contribution is 0.0143. The van der Waals surface area contributed by atoms with Crippen LogP contribution in [0.25, 0.3) is 11.0 Å². The van der Waals surface area contributed by atoms with Crippen LogP contribution in [-0.2, 0) is 23.1 Å². The summed E-state index contributed by atoms with van der Waals surface area (Å²) in [5, 5.41) is 5.32. The van der Waals surface area contributed by atoms with E-state index in [1.165, 1.54) is 0 Å².